The Hall–Kier alpha value is -0.820. The number of hydrogen-bond donors (Lipinski definition) is 1. The Morgan fingerprint density at radius 1 is 0.800 bits per heavy atom. The molecule has 0 aromatic heterocycles. The van der Waals surface area contributed by atoms with Gasteiger partial charge < -0.3 is 5.32 Å². The maximum Gasteiger partial charge on any atom is 0.0291 e. The van der Waals surface area contributed by atoms with Crippen molar-refractivity contribution in [3.63, 3.8) is 0 Å². The van der Waals surface area contributed by atoms with Crippen LogP contribution in [-0.4, -0.2) is 6.54 Å². The molecule has 114 valence electrons. The van der Waals surface area contributed by atoms with E-state index in [1.165, 1.54) is 63.4 Å². The molecular weight excluding hydrogens is 242 g/mol. The summed E-state index contributed by atoms with van der Waals surface area (Å²) in [5.74, 6) is 0. The minimum atomic E-state index is 0.477. The highest BCUT2D eigenvalue weighted by Crippen LogP contribution is 2.12. The van der Waals surface area contributed by atoms with Gasteiger partial charge in [-0.15, -0.1) is 0 Å². The molecule has 0 unspecified atom stereocenters. The van der Waals surface area contributed by atoms with E-state index in [1.54, 1.807) is 0 Å². The summed E-state index contributed by atoms with van der Waals surface area (Å²) in [6, 6.07) is 11.2. The zero-order chi connectivity index (χ0) is 14.5. The fourth-order valence-electron chi connectivity index (χ4n) is 2.61. The minimum absolute atomic E-state index is 0.477. The van der Waals surface area contributed by atoms with Crippen molar-refractivity contribution in [3.05, 3.63) is 35.9 Å². The van der Waals surface area contributed by atoms with Crippen LogP contribution < -0.4 is 5.32 Å². The fraction of sp³-hybridized carbons (Fsp3) is 0.684. The highest BCUT2D eigenvalue weighted by molar-refractivity contribution is 5.17. The second-order valence-corrected chi connectivity index (χ2v) is 5.91. The third-order valence-electron chi connectivity index (χ3n) is 4.03. The summed E-state index contributed by atoms with van der Waals surface area (Å²) in [6.45, 7) is 5.68. The van der Waals surface area contributed by atoms with Crippen molar-refractivity contribution in [1.29, 1.82) is 0 Å². The number of nitrogens with one attached hydrogen (secondary N) is 1. The molecule has 0 saturated heterocycles. The van der Waals surface area contributed by atoms with E-state index in [0.717, 1.165) is 6.54 Å². The van der Waals surface area contributed by atoms with Gasteiger partial charge in [-0.1, -0.05) is 88.6 Å². The molecule has 1 aromatic rings. The average Bonchev–Trinajstić information content (AvgIpc) is 2.50. The summed E-state index contributed by atoms with van der Waals surface area (Å²) >= 11 is 0. The smallest absolute Gasteiger partial charge is 0.0291 e. The molecule has 0 aliphatic rings. The van der Waals surface area contributed by atoms with Gasteiger partial charge in [-0.05, 0) is 25.5 Å². The average molecular weight is 275 g/mol. The molecule has 1 aromatic carbocycles. The first-order valence-electron chi connectivity index (χ1n) is 8.63. The quantitative estimate of drug-likeness (QED) is 0.470. The van der Waals surface area contributed by atoms with Gasteiger partial charge in [0, 0.05) is 6.04 Å². The monoisotopic (exact) mass is 275 g/mol. The first kappa shape index (κ1) is 17.2. The van der Waals surface area contributed by atoms with Crippen LogP contribution in [0.15, 0.2) is 30.3 Å². The van der Waals surface area contributed by atoms with Crippen molar-refractivity contribution in [1.82, 2.24) is 5.32 Å². The minimum Gasteiger partial charge on any atom is -0.310 e. The molecular formula is C19H33N. The van der Waals surface area contributed by atoms with Gasteiger partial charge in [0.2, 0.25) is 0 Å². The van der Waals surface area contributed by atoms with Crippen LogP contribution in [0.4, 0.5) is 0 Å². The highest BCUT2D eigenvalue weighted by Gasteiger charge is 2.02. The van der Waals surface area contributed by atoms with Gasteiger partial charge in [0.15, 0.2) is 0 Å². The number of benzene rings is 1. The molecule has 1 nitrogen and oxygen atoms in total. The molecule has 20 heavy (non-hydrogen) atoms. The molecule has 0 radical (unpaired) electrons. The van der Waals surface area contributed by atoms with Crippen molar-refractivity contribution < 1.29 is 0 Å². The van der Waals surface area contributed by atoms with Crippen molar-refractivity contribution in [2.75, 3.05) is 6.54 Å². The second kappa shape index (κ2) is 12.0. The number of hydrogen-bond acceptors (Lipinski definition) is 1. The lowest BCUT2D eigenvalue weighted by molar-refractivity contribution is 0.519. The molecule has 0 bridgehead atoms. The Kier molecular flexibility index (Phi) is 10.3. The van der Waals surface area contributed by atoms with Crippen molar-refractivity contribution in [3.8, 4) is 0 Å². The molecule has 1 rings (SSSR count). The Morgan fingerprint density at radius 2 is 1.35 bits per heavy atom. The summed E-state index contributed by atoms with van der Waals surface area (Å²) in [4.78, 5) is 0. The molecule has 0 spiro atoms. The Morgan fingerprint density at radius 3 is 1.95 bits per heavy atom. The maximum atomic E-state index is 3.62. The van der Waals surface area contributed by atoms with Crippen LogP contribution in [0, 0.1) is 0 Å². The summed E-state index contributed by atoms with van der Waals surface area (Å²) < 4.78 is 0. The number of rotatable bonds is 12. The van der Waals surface area contributed by atoms with Crippen LogP contribution in [0.5, 0.6) is 0 Å². The first-order chi connectivity index (χ1) is 9.84. The molecule has 1 heteroatoms. The van der Waals surface area contributed by atoms with Gasteiger partial charge in [-0.25, -0.2) is 0 Å². The first-order valence-corrected chi connectivity index (χ1v) is 8.63. The van der Waals surface area contributed by atoms with Gasteiger partial charge in [-0.3, -0.25) is 0 Å². The highest BCUT2D eigenvalue weighted by atomic mass is 14.9. The van der Waals surface area contributed by atoms with E-state index < -0.39 is 0 Å². The Balaban J connectivity index is 1.90. The molecule has 1 atom stereocenters. The van der Waals surface area contributed by atoms with E-state index in [1.807, 2.05) is 0 Å². The van der Waals surface area contributed by atoms with E-state index in [9.17, 15) is 0 Å². The SMILES string of the molecule is CCCCCCCCCCCN[C@H](C)c1ccccc1. The van der Waals surface area contributed by atoms with Crippen LogP contribution in [0.1, 0.15) is 83.2 Å². The summed E-state index contributed by atoms with van der Waals surface area (Å²) in [7, 11) is 0. The van der Waals surface area contributed by atoms with Crippen molar-refractivity contribution in [2.45, 2.75) is 77.7 Å². The van der Waals surface area contributed by atoms with E-state index in [2.05, 4.69) is 49.5 Å². The van der Waals surface area contributed by atoms with Crippen molar-refractivity contribution in [2.24, 2.45) is 0 Å². The molecule has 0 saturated carbocycles. The van der Waals surface area contributed by atoms with E-state index in [-0.39, 0.29) is 0 Å². The van der Waals surface area contributed by atoms with Gasteiger partial charge in [0.25, 0.3) is 0 Å². The van der Waals surface area contributed by atoms with Crippen LogP contribution in [0.25, 0.3) is 0 Å². The molecule has 1 N–H and O–H groups in total. The predicted molar refractivity (Wildman–Crippen MR) is 90.1 cm³/mol. The maximum absolute atomic E-state index is 3.62. The lowest BCUT2D eigenvalue weighted by atomic mass is 10.1. The van der Waals surface area contributed by atoms with E-state index in [0.29, 0.717) is 6.04 Å². The lowest BCUT2D eigenvalue weighted by Gasteiger charge is -2.13. The third kappa shape index (κ3) is 8.37. The van der Waals surface area contributed by atoms with Crippen molar-refractivity contribution >= 4 is 0 Å². The lowest BCUT2D eigenvalue weighted by Crippen LogP contribution is -2.19. The number of unbranched alkanes of at least 4 members (excludes halogenated alkanes) is 8. The predicted octanol–water partition coefficient (Wildman–Crippen LogP) is 5.87. The van der Waals surface area contributed by atoms with Gasteiger partial charge >= 0.3 is 0 Å². The second-order valence-electron chi connectivity index (χ2n) is 5.91. The van der Waals surface area contributed by atoms with Crippen LogP contribution in [-0.2, 0) is 0 Å². The summed E-state index contributed by atoms with van der Waals surface area (Å²) in [5, 5.41) is 3.62. The molecule has 0 heterocycles. The zero-order valence-electron chi connectivity index (χ0n) is 13.5. The Labute approximate surface area is 126 Å². The Bertz CT molecular complexity index is 307. The summed E-state index contributed by atoms with van der Waals surface area (Å²) in [6.07, 6.45) is 12.6. The molecule has 0 aliphatic heterocycles. The van der Waals surface area contributed by atoms with Gasteiger partial charge in [0.1, 0.15) is 0 Å². The van der Waals surface area contributed by atoms with Crippen LogP contribution in [0.2, 0.25) is 0 Å². The normalized spacial score (nSPS) is 12.5. The van der Waals surface area contributed by atoms with E-state index >= 15 is 0 Å². The van der Waals surface area contributed by atoms with Gasteiger partial charge in [0.05, 0.1) is 0 Å². The topological polar surface area (TPSA) is 12.0 Å². The van der Waals surface area contributed by atoms with Gasteiger partial charge in [-0.2, -0.15) is 0 Å². The summed E-state index contributed by atoms with van der Waals surface area (Å²) in [5.41, 5.74) is 1.39. The molecule has 0 amide bonds. The van der Waals surface area contributed by atoms with E-state index in [4.69, 9.17) is 0 Å². The van der Waals surface area contributed by atoms with Crippen LogP contribution in [0.3, 0.4) is 0 Å². The standard InChI is InChI=1S/C19H33N/c1-3-4-5-6-7-8-9-10-14-17-20-18(2)19-15-12-11-13-16-19/h11-13,15-16,18,20H,3-10,14,17H2,1-2H3/t18-/m1/s1. The fourth-order valence-corrected chi connectivity index (χ4v) is 2.61. The zero-order valence-corrected chi connectivity index (χ0v) is 13.5. The third-order valence-corrected chi connectivity index (χ3v) is 4.03. The largest absolute Gasteiger partial charge is 0.310 e. The molecule has 0 fully saturated rings. The molecule has 0 aliphatic carbocycles. The van der Waals surface area contributed by atoms with Crippen LogP contribution >= 0.6 is 0 Å².